The second-order valence-corrected chi connectivity index (χ2v) is 7.03. The quantitative estimate of drug-likeness (QED) is 0.819. The van der Waals surface area contributed by atoms with E-state index < -0.39 is 0 Å². The smallest absolute Gasteiger partial charge is 0.0397 e. The molecule has 0 aromatic heterocycles. The maximum atomic E-state index is 3.59. The van der Waals surface area contributed by atoms with E-state index in [9.17, 15) is 0 Å². The van der Waals surface area contributed by atoms with Gasteiger partial charge in [-0.15, -0.1) is 24.8 Å². The molecule has 0 spiro atoms. The predicted octanol–water partition coefficient (Wildman–Crippen LogP) is 4.29. The monoisotopic (exact) mass is 382 g/mol. The van der Waals surface area contributed by atoms with Crippen LogP contribution >= 0.6 is 40.7 Å². The Kier molecular flexibility index (Phi) is 8.68. The molecule has 1 N–H and O–H groups in total. The first-order chi connectivity index (χ1) is 8.48. The first-order valence-electron chi connectivity index (χ1n) is 6.69. The topological polar surface area (TPSA) is 15.3 Å². The summed E-state index contributed by atoms with van der Waals surface area (Å²) < 4.78 is 1.17. The average molecular weight is 384 g/mol. The van der Waals surface area contributed by atoms with Crippen LogP contribution in [0.3, 0.4) is 0 Å². The molecule has 1 aromatic carbocycles. The normalized spacial score (nSPS) is 17.8. The highest BCUT2D eigenvalue weighted by molar-refractivity contribution is 9.10. The van der Waals surface area contributed by atoms with Crippen LogP contribution in [-0.2, 0) is 0 Å². The first kappa shape index (κ1) is 20.2. The van der Waals surface area contributed by atoms with Gasteiger partial charge >= 0.3 is 0 Å². The van der Waals surface area contributed by atoms with E-state index >= 15 is 0 Å². The van der Waals surface area contributed by atoms with E-state index in [1.165, 1.54) is 10.0 Å². The van der Waals surface area contributed by atoms with Crippen molar-refractivity contribution in [2.24, 2.45) is 5.41 Å². The SMILES string of the molecule is CC(C)(C)[C@H](c1cccc(Br)c1)N1CCNCC1.Cl.Cl. The van der Waals surface area contributed by atoms with Crippen molar-refractivity contribution in [3.05, 3.63) is 34.3 Å². The van der Waals surface area contributed by atoms with E-state index in [1.807, 2.05) is 0 Å². The molecule has 1 aliphatic rings. The lowest BCUT2D eigenvalue weighted by Crippen LogP contribution is -2.48. The third-order valence-corrected chi connectivity index (χ3v) is 3.99. The molecule has 1 saturated heterocycles. The van der Waals surface area contributed by atoms with Gasteiger partial charge in [-0.1, -0.05) is 48.8 Å². The standard InChI is InChI=1S/C15H23BrN2.2ClH/c1-15(2,3)14(18-9-7-17-8-10-18)12-5-4-6-13(16)11-12;;/h4-6,11,14,17H,7-10H2,1-3H3;2*1H/t14-;;/m0../s1. The van der Waals surface area contributed by atoms with Crippen LogP contribution in [0.5, 0.6) is 0 Å². The van der Waals surface area contributed by atoms with Crippen LogP contribution in [0.2, 0.25) is 0 Å². The summed E-state index contributed by atoms with van der Waals surface area (Å²) in [4.78, 5) is 2.61. The van der Waals surface area contributed by atoms with Crippen molar-refractivity contribution in [1.29, 1.82) is 0 Å². The third kappa shape index (κ3) is 5.19. The van der Waals surface area contributed by atoms with Gasteiger partial charge in [0.25, 0.3) is 0 Å². The van der Waals surface area contributed by atoms with Crippen LogP contribution in [0.25, 0.3) is 0 Å². The highest BCUT2D eigenvalue weighted by atomic mass is 79.9. The van der Waals surface area contributed by atoms with Gasteiger partial charge < -0.3 is 5.32 Å². The zero-order valence-electron chi connectivity index (χ0n) is 12.4. The Morgan fingerprint density at radius 2 is 1.75 bits per heavy atom. The van der Waals surface area contributed by atoms with E-state index in [4.69, 9.17) is 0 Å². The molecule has 0 saturated carbocycles. The van der Waals surface area contributed by atoms with Gasteiger partial charge in [-0.3, -0.25) is 4.90 Å². The molecular weight excluding hydrogens is 359 g/mol. The number of rotatable bonds is 2. The number of piperazine rings is 1. The molecule has 2 rings (SSSR count). The summed E-state index contributed by atoms with van der Waals surface area (Å²) >= 11 is 3.59. The molecule has 1 atom stereocenters. The van der Waals surface area contributed by atoms with Crippen molar-refractivity contribution < 1.29 is 0 Å². The van der Waals surface area contributed by atoms with Gasteiger partial charge in [0.05, 0.1) is 0 Å². The zero-order chi connectivity index (χ0) is 13.2. The lowest BCUT2D eigenvalue weighted by molar-refractivity contribution is 0.0862. The van der Waals surface area contributed by atoms with Crippen molar-refractivity contribution in [3.63, 3.8) is 0 Å². The summed E-state index contributed by atoms with van der Waals surface area (Å²) in [5, 5.41) is 3.43. The number of hydrogen-bond donors (Lipinski definition) is 1. The molecule has 1 fully saturated rings. The summed E-state index contributed by atoms with van der Waals surface area (Å²) in [6.45, 7) is 11.5. The summed E-state index contributed by atoms with van der Waals surface area (Å²) in [6, 6.07) is 9.24. The van der Waals surface area contributed by atoms with E-state index in [-0.39, 0.29) is 30.2 Å². The van der Waals surface area contributed by atoms with Gasteiger partial charge in [-0.05, 0) is 23.1 Å². The molecule has 0 bridgehead atoms. The molecule has 0 amide bonds. The van der Waals surface area contributed by atoms with Crippen LogP contribution in [0.15, 0.2) is 28.7 Å². The molecule has 0 unspecified atom stereocenters. The van der Waals surface area contributed by atoms with Crippen LogP contribution < -0.4 is 5.32 Å². The average Bonchev–Trinajstić information content (AvgIpc) is 2.28. The van der Waals surface area contributed by atoms with E-state index in [1.54, 1.807) is 0 Å². The predicted molar refractivity (Wildman–Crippen MR) is 95.3 cm³/mol. The van der Waals surface area contributed by atoms with Crippen molar-refractivity contribution in [2.75, 3.05) is 26.2 Å². The van der Waals surface area contributed by atoms with Crippen LogP contribution in [0, 0.1) is 5.41 Å². The van der Waals surface area contributed by atoms with Gasteiger partial charge in [0.1, 0.15) is 0 Å². The molecule has 0 aliphatic carbocycles. The minimum Gasteiger partial charge on any atom is -0.314 e. The summed E-state index contributed by atoms with van der Waals surface area (Å²) in [7, 11) is 0. The summed E-state index contributed by atoms with van der Waals surface area (Å²) in [5.41, 5.74) is 1.66. The van der Waals surface area contributed by atoms with Gasteiger partial charge in [0.15, 0.2) is 0 Å². The zero-order valence-corrected chi connectivity index (χ0v) is 15.6. The first-order valence-corrected chi connectivity index (χ1v) is 7.48. The Morgan fingerprint density at radius 3 is 2.25 bits per heavy atom. The minimum atomic E-state index is 0. The van der Waals surface area contributed by atoms with Crippen LogP contribution in [-0.4, -0.2) is 31.1 Å². The number of nitrogens with one attached hydrogen (secondary N) is 1. The molecule has 20 heavy (non-hydrogen) atoms. The lowest BCUT2D eigenvalue weighted by atomic mass is 9.81. The minimum absolute atomic E-state index is 0. The highest BCUT2D eigenvalue weighted by Gasteiger charge is 2.32. The van der Waals surface area contributed by atoms with Crippen molar-refractivity contribution in [1.82, 2.24) is 10.2 Å². The van der Waals surface area contributed by atoms with Crippen molar-refractivity contribution in [2.45, 2.75) is 26.8 Å². The molecule has 1 heterocycles. The number of nitrogens with zero attached hydrogens (tertiary/aromatic N) is 1. The Balaban J connectivity index is 0.00000180. The van der Waals surface area contributed by atoms with E-state index in [2.05, 4.69) is 71.2 Å². The molecule has 2 nitrogen and oxygen atoms in total. The molecule has 5 heteroatoms. The number of benzene rings is 1. The van der Waals surface area contributed by atoms with Gasteiger partial charge in [-0.2, -0.15) is 0 Å². The second-order valence-electron chi connectivity index (χ2n) is 6.11. The molecule has 1 aromatic rings. The van der Waals surface area contributed by atoms with Crippen LogP contribution in [0.1, 0.15) is 32.4 Å². The van der Waals surface area contributed by atoms with Crippen molar-refractivity contribution >= 4 is 40.7 Å². The van der Waals surface area contributed by atoms with Gasteiger partial charge in [-0.25, -0.2) is 0 Å². The molecular formula is C15H25BrCl2N2. The third-order valence-electron chi connectivity index (χ3n) is 3.50. The van der Waals surface area contributed by atoms with Crippen LogP contribution in [0.4, 0.5) is 0 Å². The summed E-state index contributed by atoms with van der Waals surface area (Å²) in [5.74, 6) is 0. The van der Waals surface area contributed by atoms with E-state index in [0.29, 0.717) is 6.04 Å². The fraction of sp³-hybridized carbons (Fsp3) is 0.600. The molecule has 1 aliphatic heterocycles. The second kappa shape index (κ2) is 8.60. The summed E-state index contributed by atoms with van der Waals surface area (Å²) in [6.07, 6.45) is 0. The Hall–Kier alpha value is 0.200. The maximum absolute atomic E-state index is 3.59. The fourth-order valence-electron chi connectivity index (χ4n) is 2.88. The number of hydrogen-bond acceptors (Lipinski definition) is 2. The Labute approximate surface area is 143 Å². The molecule has 0 radical (unpaired) electrons. The fourth-order valence-corrected chi connectivity index (χ4v) is 3.29. The van der Waals surface area contributed by atoms with Crippen molar-refractivity contribution in [3.8, 4) is 0 Å². The van der Waals surface area contributed by atoms with Gasteiger partial charge in [0, 0.05) is 36.7 Å². The molecule has 116 valence electrons. The highest BCUT2D eigenvalue weighted by Crippen LogP contribution is 2.38. The van der Waals surface area contributed by atoms with E-state index in [0.717, 1.165) is 26.2 Å². The largest absolute Gasteiger partial charge is 0.314 e. The Morgan fingerprint density at radius 1 is 1.15 bits per heavy atom. The Bertz CT molecular complexity index is 401. The van der Waals surface area contributed by atoms with Gasteiger partial charge in [0.2, 0.25) is 0 Å². The maximum Gasteiger partial charge on any atom is 0.0397 e. The lowest BCUT2D eigenvalue weighted by Gasteiger charge is -2.42. The number of halogens is 3.